The minimum absolute atomic E-state index is 0.984. The van der Waals surface area contributed by atoms with E-state index in [0.717, 1.165) is 29.9 Å². The van der Waals surface area contributed by atoms with Crippen LogP contribution in [0.25, 0.3) is 0 Å². The second kappa shape index (κ2) is 9.91. The van der Waals surface area contributed by atoms with Gasteiger partial charge in [0, 0.05) is 0 Å². The lowest BCUT2D eigenvalue weighted by Gasteiger charge is -2.31. The van der Waals surface area contributed by atoms with Crippen LogP contribution in [0.1, 0.15) is 20.8 Å². The molecule has 0 bridgehead atoms. The quantitative estimate of drug-likeness (QED) is 0.274. The first kappa shape index (κ1) is 21.5. The Bertz CT molecular complexity index is 686. The van der Waals surface area contributed by atoms with Crippen molar-refractivity contribution in [2.75, 3.05) is 0 Å². The summed E-state index contributed by atoms with van der Waals surface area (Å²) in [4.78, 5) is 0. The van der Waals surface area contributed by atoms with Crippen LogP contribution >= 0.6 is 0 Å². The largest absolute Gasteiger partial charge is 0.544 e. The Kier molecular flexibility index (Phi) is 7.87. The molecule has 144 valence electrons. The average Bonchev–Trinajstić information content (AvgIpc) is 2.75. The van der Waals surface area contributed by atoms with E-state index in [9.17, 15) is 0 Å². The van der Waals surface area contributed by atoms with Gasteiger partial charge in [-0.05, 0) is 36.3 Å². The Morgan fingerprint density at radius 3 is 1.67 bits per heavy atom. The van der Waals surface area contributed by atoms with Gasteiger partial charge in [0.15, 0.2) is 0 Å². The average molecular weight is 395 g/mol. The molecule has 2 rings (SSSR count). The molecule has 0 spiro atoms. The number of benzene rings is 2. The molecule has 27 heavy (non-hydrogen) atoms. The van der Waals surface area contributed by atoms with Crippen LogP contribution in [-0.4, -0.2) is 16.4 Å². The van der Waals surface area contributed by atoms with E-state index in [1.165, 1.54) is 10.4 Å². The molecule has 0 fully saturated rings. The number of allylic oxidation sites excluding steroid dienone is 2. The minimum Gasteiger partial charge on any atom is -0.544 e. The fraction of sp³-hybridized carbons (Fsp3) is 0.333. The zero-order valence-electron chi connectivity index (χ0n) is 17.4. The first-order valence-electron chi connectivity index (χ1n) is 10.2. The monoisotopic (exact) mass is 394 g/mol. The van der Waals surface area contributed by atoms with Crippen LogP contribution in [0, 0.1) is 0 Å². The molecule has 0 atom stereocenters. The molecule has 0 unspecified atom stereocenters. The van der Waals surface area contributed by atoms with Gasteiger partial charge >= 0.3 is 0 Å². The molecule has 2 aromatic rings. The second-order valence-electron chi connectivity index (χ2n) is 7.42. The van der Waals surface area contributed by atoms with Crippen molar-refractivity contribution < 1.29 is 4.43 Å². The summed E-state index contributed by atoms with van der Waals surface area (Å²) in [6, 6.07) is 26.4. The molecule has 0 amide bonds. The maximum absolute atomic E-state index is 6.61. The lowest BCUT2D eigenvalue weighted by atomic mass is 10.4. The minimum atomic E-state index is -1.88. The van der Waals surface area contributed by atoms with E-state index in [0.29, 0.717) is 0 Å². The molecule has 2 aromatic carbocycles. The molecular weight excluding hydrogens is 360 g/mol. The molecule has 0 aliphatic heterocycles. The van der Waals surface area contributed by atoms with Crippen molar-refractivity contribution in [3.8, 4) is 0 Å². The molecule has 3 heteroatoms. The van der Waals surface area contributed by atoms with E-state index >= 15 is 0 Å². The van der Waals surface area contributed by atoms with Crippen molar-refractivity contribution in [3.63, 3.8) is 0 Å². The topological polar surface area (TPSA) is 9.23 Å². The van der Waals surface area contributed by atoms with Gasteiger partial charge in [0.1, 0.15) is 8.07 Å². The molecule has 0 heterocycles. The third-order valence-electron chi connectivity index (χ3n) is 6.00. The van der Waals surface area contributed by atoms with Crippen LogP contribution in [0.4, 0.5) is 0 Å². The van der Waals surface area contributed by atoms with Crippen molar-refractivity contribution in [3.05, 3.63) is 85.2 Å². The van der Waals surface area contributed by atoms with Crippen molar-refractivity contribution in [1.29, 1.82) is 0 Å². The summed E-state index contributed by atoms with van der Waals surface area (Å²) in [5.74, 6) is 0.984. The maximum Gasteiger partial charge on any atom is 0.250 e. The number of hydrogen-bond acceptors (Lipinski definition) is 1. The van der Waals surface area contributed by atoms with E-state index in [-0.39, 0.29) is 0 Å². The Balaban J connectivity index is 2.38. The molecule has 0 aliphatic carbocycles. The van der Waals surface area contributed by atoms with Gasteiger partial charge in [0.25, 0.3) is 0 Å². The van der Waals surface area contributed by atoms with Gasteiger partial charge in [-0.25, -0.2) is 0 Å². The molecule has 0 radical (unpaired) electrons. The molecule has 0 aliphatic rings. The van der Waals surface area contributed by atoms with Crippen LogP contribution in [0.2, 0.25) is 30.7 Å². The van der Waals surface area contributed by atoms with E-state index in [1.807, 2.05) is 6.08 Å². The Hall–Kier alpha value is -1.85. The highest BCUT2D eigenvalue weighted by atomic mass is 28.4. The summed E-state index contributed by atoms with van der Waals surface area (Å²) < 4.78 is 6.61. The van der Waals surface area contributed by atoms with E-state index < -0.39 is 16.4 Å². The molecule has 0 N–H and O–H groups in total. The zero-order valence-corrected chi connectivity index (χ0v) is 19.4. The SMILES string of the molecule is C=C/C(=C/C[Si](C)(c1ccccc1)c1ccccc1)O[Si](CC)(CC)CC. The van der Waals surface area contributed by atoms with Crippen LogP contribution < -0.4 is 10.4 Å². The molecule has 0 saturated heterocycles. The van der Waals surface area contributed by atoms with Crippen LogP contribution in [0.3, 0.4) is 0 Å². The van der Waals surface area contributed by atoms with Gasteiger partial charge in [-0.1, -0.05) is 105 Å². The molecular formula is C24H34OSi2. The maximum atomic E-state index is 6.61. The standard InChI is InChI=1S/C24H34OSi2/c1-6-22(25-27(7-2,8-3)9-4)20-21-26(5,23-16-12-10-13-17-23)24-18-14-11-15-19-24/h6,10-20H,1,7-9,21H2,2-5H3/b22-20-. The smallest absolute Gasteiger partial charge is 0.250 e. The predicted octanol–water partition coefficient (Wildman–Crippen LogP) is 5.97. The Morgan fingerprint density at radius 2 is 1.30 bits per heavy atom. The van der Waals surface area contributed by atoms with Gasteiger partial charge in [0.2, 0.25) is 8.32 Å². The molecule has 0 aromatic heterocycles. The fourth-order valence-electron chi connectivity index (χ4n) is 3.70. The van der Waals surface area contributed by atoms with Crippen molar-refractivity contribution in [2.24, 2.45) is 0 Å². The van der Waals surface area contributed by atoms with Crippen LogP contribution in [-0.2, 0) is 4.43 Å². The predicted molar refractivity (Wildman–Crippen MR) is 125 cm³/mol. The summed E-state index contributed by atoms with van der Waals surface area (Å²) in [5, 5.41) is 2.92. The Labute approximate surface area is 167 Å². The fourth-order valence-corrected chi connectivity index (χ4v) is 9.57. The summed E-state index contributed by atoms with van der Waals surface area (Å²) in [6.07, 6.45) is 4.22. The van der Waals surface area contributed by atoms with Gasteiger partial charge in [-0.15, -0.1) is 0 Å². The second-order valence-corrected chi connectivity index (χ2v) is 16.3. The van der Waals surface area contributed by atoms with E-state index in [4.69, 9.17) is 4.43 Å². The highest BCUT2D eigenvalue weighted by Gasteiger charge is 2.33. The van der Waals surface area contributed by atoms with E-state index in [2.05, 4.69) is 101 Å². The van der Waals surface area contributed by atoms with Crippen LogP contribution in [0.15, 0.2) is 85.2 Å². The number of rotatable bonds is 10. The number of hydrogen-bond donors (Lipinski definition) is 0. The summed E-state index contributed by atoms with van der Waals surface area (Å²) in [5.41, 5.74) is 0. The summed E-state index contributed by atoms with van der Waals surface area (Å²) in [6.45, 7) is 13.3. The van der Waals surface area contributed by atoms with Gasteiger partial charge < -0.3 is 4.43 Å². The highest BCUT2D eigenvalue weighted by molar-refractivity contribution is 7.01. The molecule has 1 nitrogen and oxygen atoms in total. The summed E-state index contributed by atoms with van der Waals surface area (Å²) >= 11 is 0. The first-order valence-corrected chi connectivity index (χ1v) is 15.4. The third-order valence-corrected chi connectivity index (χ3v) is 14.8. The normalized spacial score (nSPS) is 12.7. The van der Waals surface area contributed by atoms with Crippen molar-refractivity contribution in [2.45, 2.75) is 51.5 Å². The van der Waals surface area contributed by atoms with E-state index in [1.54, 1.807) is 0 Å². The van der Waals surface area contributed by atoms with Crippen LogP contribution in [0.5, 0.6) is 0 Å². The highest BCUT2D eigenvalue weighted by Crippen LogP contribution is 2.26. The molecule has 0 saturated carbocycles. The first-order chi connectivity index (χ1) is 13.0. The van der Waals surface area contributed by atoms with Gasteiger partial charge in [0.05, 0.1) is 5.76 Å². The van der Waals surface area contributed by atoms with Crippen molar-refractivity contribution >= 4 is 26.8 Å². The van der Waals surface area contributed by atoms with Crippen molar-refractivity contribution in [1.82, 2.24) is 0 Å². The zero-order chi connectivity index (χ0) is 19.8. The van der Waals surface area contributed by atoms with Gasteiger partial charge in [-0.2, -0.15) is 0 Å². The lowest BCUT2D eigenvalue weighted by Crippen LogP contribution is -2.55. The Morgan fingerprint density at radius 1 is 0.852 bits per heavy atom. The van der Waals surface area contributed by atoms with Gasteiger partial charge in [-0.3, -0.25) is 0 Å². The summed E-state index contributed by atoms with van der Waals surface area (Å²) in [7, 11) is -3.56. The third kappa shape index (κ3) is 5.11. The lowest BCUT2D eigenvalue weighted by molar-refractivity contribution is 0.422.